The van der Waals surface area contributed by atoms with E-state index in [1.807, 2.05) is 19.2 Å². The molecule has 0 spiro atoms. The van der Waals surface area contributed by atoms with Crippen LogP contribution in [0.4, 0.5) is 10.1 Å². The van der Waals surface area contributed by atoms with Crippen LogP contribution in [0, 0.1) is 17.7 Å². The normalized spacial score (nSPS) is 30.2. The van der Waals surface area contributed by atoms with Crippen molar-refractivity contribution in [2.45, 2.75) is 37.2 Å². The van der Waals surface area contributed by atoms with E-state index in [0.29, 0.717) is 11.8 Å². The Labute approximate surface area is 166 Å². The number of hydrogen-bond acceptors (Lipinski definition) is 3. The molecule has 28 heavy (non-hydrogen) atoms. The monoisotopic (exact) mass is 380 g/mol. The van der Waals surface area contributed by atoms with Crippen molar-refractivity contribution in [3.05, 3.63) is 65.0 Å². The Kier molecular flexibility index (Phi) is 4.08. The molecule has 2 aliphatic carbocycles. The lowest BCUT2D eigenvalue weighted by molar-refractivity contribution is -0.0276. The van der Waals surface area contributed by atoms with Crippen LogP contribution in [0.5, 0.6) is 0 Å². The van der Waals surface area contributed by atoms with Crippen molar-refractivity contribution in [1.82, 2.24) is 4.90 Å². The molecule has 1 heterocycles. The zero-order valence-electron chi connectivity index (χ0n) is 16.7. The van der Waals surface area contributed by atoms with E-state index in [-0.39, 0.29) is 22.5 Å². The fraction of sp³-hybridized carbons (Fsp3) is 0.500. The molecule has 0 bridgehead atoms. The summed E-state index contributed by atoms with van der Waals surface area (Å²) in [5.41, 5.74) is 10.3. The van der Waals surface area contributed by atoms with Gasteiger partial charge in [0.05, 0.1) is 11.3 Å². The molecule has 3 nitrogen and oxygen atoms in total. The lowest BCUT2D eigenvalue weighted by Gasteiger charge is -2.35. The Morgan fingerprint density at radius 1 is 1.11 bits per heavy atom. The van der Waals surface area contributed by atoms with Crippen molar-refractivity contribution in [3.63, 3.8) is 0 Å². The maximum atomic E-state index is 13.6. The van der Waals surface area contributed by atoms with Gasteiger partial charge in [-0.1, -0.05) is 37.3 Å². The van der Waals surface area contributed by atoms with E-state index in [1.54, 1.807) is 0 Å². The molecule has 5 rings (SSSR count). The van der Waals surface area contributed by atoms with Gasteiger partial charge in [-0.05, 0) is 47.1 Å². The second-order valence-corrected chi connectivity index (χ2v) is 9.05. The van der Waals surface area contributed by atoms with Crippen molar-refractivity contribution >= 4 is 5.69 Å². The van der Waals surface area contributed by atoms with E-state index in [1.165, 1.54) is 22.8 Å². The summed E-state index contributed by atoms with van der Waals surface area (Å²) in [6.07, 6.45) is 3.08. The number of nitrogen functional groups attached to an aromatic ring is 1. The summed E-state index contributed by atoms with van der Waals surface area (Å²) < 4.78 is 19.7. The minimum atomic E-state index is -0.315. The highest BCUT2D eigenvalue weighted by Crippen LogP contribution is 2.65. The highest BCUT2D eigenvalue weighted by molar-refractivity contribution is 5.49. The van der Waals surface area contributed by atoms with Gasteiger partial charge in [0, 0.05) is 45.0 Å². The number of hydrogen-bond donors (Lipinski definition) is 1. The van der Waals surface area contributed by atoms with Crippen LogP contribution in [0.1, 0.15) is 30.0 Å². The Morgan fingerprint density at radius 2 is 1.75 bits per heavy atom. The van der Waals surface area contributed by atoms with Crippen molar-refractivity contribution in [2.75, 3.05) is 32.5 Å². The van der Waals surface area contributed by atoms with Gasteiger partial charge in [-0.3, -0.25) is 4.90 Å². The molecule has 1 saturated carbocycles. The molecule has 1 saturated heterocycles. The number of benzene rings is 2. The molecule has 4 heteroatoms. The summed E-state index contributed by atoms with van der Waals surface area (Å²) in [6, 6.07) is 14.1. The third kappa shape index (κ3) is 2.54. The number of halogens is 1. The van der Waals surface area contributed by atoms with Gasteiger partial charge in [0.1, 0.15) is 5.82 Å². The highest BCUT2D eigenvalue weighted by Gasteiger charge is 2.67. The first-order valence-electron chi connectivity index (χ1n) is 10.4. The van der Waals surface area contributed by atoms with Crippen LogP contribution in [0.25, 0.3) is 0 Å². The van der Waals surface area contributed by atoms with E-state index in [9.17, 15) is 4.39 Å². The minimum absolute atomic E-state index is 0.102. The summed E-state index contributed by atoms with van der Waals surface area (Å²) in [7, 11) is 1.86. The van der Waals surface area contributed by atoms with Gasteiger partial charge in [0.2, 0.25) is 0 Å². The Bertz CT molecular complexity index is 874. The summed E-state index contributed by atoms with van der Waals surface area (Å²) in [5, 5.41) is 0. The lowest BCUT2D eigenvalue weighted by Crippen LogP contribution is -2.46. The summed E-state index contributed by atoms with van der Waals surface area (Å²) in [4.78, 5) is 2.59. The first-order valence-corrected chi connectivity index (χ1v) is 10.4. The zero-order chi connectivity index (χ0) is 19.5. The van der Waals surface area contributed by atoms with Crippen LogP contribution in [0.15, 0.2) is 42.5 Å². The highest BCUT2D eigenvalue weighted by atomic mass is 19.1. The first-order chi connectivity index (χ1) is 13.5. The van der Waals surface area contributed by atoms with E-state index >= 15 is 0 Å². The second-order valence-electron chi connectivity index (χ2n) is 9.05. The second kappa shape index (κ2) is 6.30. The van der Waals surface area contributed by atoms with Gasteiger partial charge in [-0.15, -0.1) is 0 Å². The molecule has 2 N–H and O–H groups in total. The number of ether oxygens (including phenoxy) is 1. The van der Waals surface area contributed by atoms with Crippen molar-refractivity contribution in [2.24, 2.45) is 11.8 Å². The number of fused-ring (bicyclic) bond motifs is 2. The molecule has 2 aromatic carbocycles. The fourth-order valence-electron chi connectivity index (χ4n) is 6.32. The number of piperidine rings is 1. The van der Waals surface area contributed by atoms with E-state index in [4.69, 9.17) is 10.5 Å². The predicted molar refractivity (Wildman–Crippen MR) is 110 cm³/mol. The lowest BCUT2D eigenvalue weighted by atomic mass is 9.87. The molecule has 0 amide bonds. The van der Waals surface area contributed by atoms with Crippen LogP contribution in [0.3, 0.4) is 0 Å². The minimum Gasteiger partial charge on any atom is -0.396 e. The molecule has 2 atom stereocenters. The predicted octanol–water partition coefficient (Wildman–Crippen LogP) is 3.80. The number of nitrogens with zero attached hydrogens (tertiary/aromatic N) is 1. The summed E-state index contributed by atoms with van der Waals surface area (Å²) in [5.74, 6) is 0.963. The van der Waals surface area contributed by atoms with Crippen LogP contribution in [-0.4, -0.2) is 37.2 Å². The summed E-state index contributed by atoms with van der Waals surface area (Å²) in [6.45, 7) is 5.43. The van der Waals surface area contributed by atoms with Gasteiger partial charge >= 0.3 is 0 Å². The van der Waals surface area contributed by atoms with Gasteiger partial charge in [-0.25, -0.2) is 4.39 Å². The third-order valence-electron chi connectivity index (χ3n) is 7.82. The number of methoxy groups -OCH3 is 1. The van der Waals surface area contributed by atoms with Gasteiger partial charge in [0.25, 0.3) is 0 Å². The molecular weight excluding hydrogens is 351 g/mol. The summed E-state index contributed by atoms with van der Waals surface area (Å²) >= 11 is 0. The maximum absolute atomic E-state index is 13.6. The van der Waals surface area contributed by atoms with Crippen LogP contribution in [-0.2, 0) is 23.0 Å². The van der Waals surface area contributed by atoms with Crippen molar-refractivity contribution in [3.8, 4) is 0 Å². The number of anilines is 1. The Balaban J connectivity index is 1.30. The molecule has 1 aliphatic heterocycles. The average Bonchev–Trinajstić information content (AvgIpc) is 2.99. The van der Waals surface area contributed by atoms with Gasteiger partial charge < -0.3 is 10.5 Å². The zero-order valence-corrected chi connectivity index (χ0v) is 16.7. The molecule has 3 aliphatic rings. The largest absolute Gasteiger partial charge is 0.396 e. The van der Waals surface area contributed by atoms with E-state index in [0.717, 1.165) is 38.9 Å². The topological polar surface area (TPSA) is 38.5 Å². The van der Waals surface area contributed by atoms with E-state index < -0.39 is 0 Å². The molecule has 0 aromatic heterocycles. The maximum Gasteiger partial charge on any atom is 0.146 e. The van der Waals surface area contributed by atoms with Crippen molar-refractivity contribution < 1.29 is 9.13 Å². The molecule has 0 radical (unpaired) electrons. The first kappa shape index (κ1) is 18.1. The number of rotatable bonds is 5. The standard InChI is InChI=1S/C24H29FN2O/c1-3-24(18-8-9-21(25)22(26)10-18)19-13-27(14-20(19)24)15-23(28-2)11-16-6-4-5-7-17(16)12-23/h4-10,19-20H,3,11-15,26H2,1-2H3. The number of likely N-dealkylation sites (tertiary alicyclic amines) is 1. The van der Waals surface area contributed by atoms with Crippen LogP contribution in [0.2, 0.25) is 0 Å². The number of nitrogens with two attached hydrogens (primary N) is 1. The van der Waals surface area contributed by atoms with Crippen LogP contribution < -0.4 is 5.73 Å². The third-order valence-corrected chi connectivity index (χ3v) is 7.82. The molecule has 2 fully saturated rings. The smallest absolute Gasteiger partial charge is 0.146 e. The quantitative estimate of drug-likeness (QED) is 0.802. The Morgan fingerprint density at radius 3 is 2.29 bits per heavy atom. The molecule has 148 valence electrons. The molecule has 2 aromatic rings. The SMILES string of the molecule is CCC1(c2ccc(F)c(N)c2)C2CN(CC3(OC)Cc4ccccc4C3)CC21. The average molecular weight is 381 g/mol. The fourth-order valence-corrected chi connectivity index (χ4v) is 6.32. The Hall–Kier alpha value is -1.91. The van der Waals surface area contributed by atoms with E-state index in [2.05, 4.69) is 36.1 Å². The van der Waals surface area contributed by atoms with Gasteiger partial charge in [0.15, 0.2) is 0 Å². The van der Waals surface area contributed by atoms with Crippen LogP contribution >= 0.6 is 0 Å². The molecule has 2 unspecified atom stereocenters. The van der Waals surface area contributed by atoms with Gasteiger partial charge in [-0.2, -0.15) is 0 Å². The van der Waals surface area contributed by atoms with Crippen molar-refractivity contribution in [1.29, 1.82) is 0 Å². The molecular formula is C24H29FN2O.